The van der Waals surface area contributed by atoms with Crippen LogP contribution in [0.2, 0.25) is 0 Å². The standard InChI is InChI=1S/C22H29N3O/c1-14-6-5-7-18(9-14)22(26)24-20-11-21(17(4)10-19(20)23)25-12-15(2)8-16(3)13-25/h5-7,9-11,15-16H,8,12-13,23H2,1-4H3,(H,24,26)/t15-,16+. The number of carbonyl (C=O) groups excluding carboxylic acids is 1. The van der Waals surface area contributed by atoms with E-state index >= 15 is 0 Å². The van der Waals surface area contributed by atoms with Gasteiger partial charge in [-0.2, -0.15) is 0 Å². The number of rotatable bonds is 3. The molecule has 0 bridgehead atoms. The Bertz CT molecular complexity index is 805. The van der Waals surface area contributed by atoms with Crippen LogP contribution in [0.5, 0.6) is 0 Å². The number of aryl methyl sites for hydroxylation is 2. The molecule has 138 valence electrons. The second-order valence-electron chi connectivity index (χ2n) is 7.90. The molecule has 2 aromatic carbocycles. The normalized spacial score (nSPS) is 20.1. The zero-order valence-corrected chi connectivity index (χ0v) is 16.2. The van der Waals surface area contributed by atoms with Gasteiger partial charge in [0.2, 0.25) is 0 Å². The van der Waals surface area contributed by atoms with Crippen molar-refractivity contribution in [2.45, 2.75) is 34.1 Å². The van der Waals surface area contributed by atoms with Gasteiger partial charge < -0.3 is 16.0 Å². The van der Waals surface area contributed by atoms with Gasteiger partial charge in [-0.25, -0.2) is 0 Å². The molecular weight excluding hydrogens is 322 g/mol. The van der Waals surface area contributed by atoms with Crippen LogP contribution in [0.3, 0.4) is 0 Å². The Morgan fingerprint density at radius 2 is 1.81 bits per heavy atom. The second kappa shape index (κ2) is 7.40. The number of amides is 1. The molecule has 3 N–H and O–H groups in total. The SMILES string of the molecule is Cc1cccc(C(=O)Nc2cc(N3C[C@H](C)C[C@H](C)C3)c(C)cc2N)c1. The van der Waals surface area contributed by atoms with Gasteiger partial charge in [0.1, 0.15) is 0 Å². The number of hydrogen-bond acceptors (Lipinski definition) is 3. The number of nitrogen functional groups attached to an aromatic ring is 1. The van der Waals surface area contributed by atoms with Crippen LogP contribution in [0.1, 0.15) is 41.8 Å². The van der Waals surface area contributed by atoms with Crippen molar-refractivity contribution in [2.75, 3.05) is 29.0 Å². The van der Waals surface area contributed by atoms with E-state index in [9.17, 15) is 4.79 Å². The van der Waals surface area contributed by atoms with Gasteiger partial charge in [0.25, 0.3) is 5.91 Å². The van der Waals surface area contributed by atoms with E-state index < -0.39 is 0 Å². The lowest BCUT2D eigenvalue weighted by Gasteiger charge is -2.37. The molecule has 0 spiro atoms. The van der Waals surface area contributed by atoms with Crippen LogP contribution < -0.4 is 16.0 Å². The van der Waals surface area contributed by atoms with E-state index in [4.69, 9.17) is 5.73 Å². The summed E-state index contributed by atoms with van der Waals surface area (Å²) in [6.07, 6.45) is 1.27. The van der Waals surface area contributed by atoms with E-state index in [-0.39, 0.29) is 5.91 Å². The minimum atomic E-state index is -0.129. The van der Waals surface area contributed by atoms with E-state index in [1.165, 1.54) is 6.42 Å². The third kappa shape index (κ3) is 4.01. The van der Waals surface area contributed by atoms with Crippen molar-refractivity contribution < 1.29 is 4.79 Å². The maximum Gasteiger partial charge on any atom is 0.255 e. The predicted octanol–water partition coefficient (Wildman–Crippen LogP) is 4.62. The molecule has 1 aliphatic rings. The molecule has 0 radical (unpaired) electrons. The Morgan fingerprint density at radius 1 is 1.12 bits per heavy atom. The Balaban J connectivity index is 1.87. The topological polar surface area (TPSA) is 58.4 Å². The van der Waals surface area contributed by atoms with E-state index in [0.717, 1.165) is 29.9 Å². The molecule has 2 atom stereocenters. The van der Waals surface area contributed by atoms with E-state index in [1.54, 1.807) is 0 Å². The van der Waals surface area contributed by atoms with Crippen LogP contribution in [-0.4, -0.2) is 19.0 Å². The molecule has 3 rings (SSSR count). The van der Waals surface area contributed by atoms with Gasteiger partial charge in [0.05, 0.1) is 11.4 Å². The quantitative estimate of drug-likeness (QED) is 0.793. The molecule has 0 saturated carbocycles. The molecule has 4 heteroatoms. The number of nitrogens with two attached hydrogens (primary N) is 1. The predicted molar refractivity (Wildman–Crippen MR) is 110 cm³/mol. The van der Waals surface area contributed by atoms with Crippen molar-refractivity contribution in [3.63, 3.8) is 0 Å². The third-order valence-electron chi connectivity index (χ3n) is 5.11. The van der Waals surface area contributed by atoms with E-state index in [1.807, 2.05) is 43.3 Å². The van der Waals surface area contributed by atoms with Crippen LogP contribution in [0, 0.1) is 25.7 Å². The first-order chi connectivity index (χ1) is 12.3. The molecule has 1 saturated heterocycles. The maximum absolute atomic E-state index is 12.6. The number of nitrogens with zero attached hydrogens (tertiary/aromatic N) is 1. The number of carbonyl (C=O) groups is 1. The van der Waals surface area contributed by atoms with Gasteiger partial charge in [-0.3, -0.25) is 4.79 Å². The minimum Gasteiger partial charge on any atom is -0.397 e. The summed E-state index contributed by atoms with van der Waals surface area (Å²) in [4.78, 5) is 15.0. The molecule has 0 aliphatic carbocycles. The Kier molecular flexibility index (Phi) is 5.21. The highest BCUT2D eigenvalue weighted by atomic mass is 16.1. The summed E-state index contributed by atoms with van der Waals surface area (Å²) in [5.74, 6) is 1.21. The number of hydrogen-bond donors (Lipinski definition) is 2. The summed E-state index contributed by atoms with van der Waals surface area (Å²) in [5, 5.41) is 2.99. The summed E-state index contributed by atoms with van der Waals surface area (Å²) >= 11 is 0. The summed E-state index contributed by atoms with van der Waals surface area (Å²) < 4.78 is 0. The average Bonchev–Trinajstić information content (AvgIpc) is 2.56. The van der Waals surface area contributed by atoms with Gasteiger partial charge in [-0.15, -0.1) is 0 Å². The van der Waals surface area contributed by atoms with Crippen LogP contribution in [0.15, 0.2) is 36.4 Å². The molecule has 4 nitrogen and oxygen atoms in total. The first-order valence-electron chi connectivity index (χ1n) is 9.36. The first-order valence-corrected chi connectivity index (χ1v) is 9.36. The van der Waals surface area contributed by atoms with Crippen molar-refractivity contribution >= 4 is 23.0 Å². The molecule has 26 heavy (non-hydrogen) atoms. The molecule has 1 aliphatic heterocycles. The third-order valence-corrected chi connectivity index (χ3v) is 5.11. The zero-order chi connectivity index (χ0) is 18.8. The van der Waals surface area contributed by atoms with Crippen LogP contribution in [-0.2, 0) is 0 Å². The lowest BCUT2D eigenvalue weighted by Crippen LogP contribution is -2.39. The molecule has 2 aromatic rings. The van der Waals surface area contributed by atoms with Gasteiger partial charge in [0.15, 0.2) is 0 Å². The Labute approximate surface area is 156 Å². The van der Waals surface area contributed by atoms with Crippen molar-refractivity contribution in [3.8, 4) is 0 Å². The summed E-state index contributed by atoms with van der Waals surface area (Å²) in [6, 6.07) is 11.6. The van der Waals surface area contributed by atoms with Gasteiger partial charge in [0, 0.05) is 24.3 Å². The lowest BCUT2D eigenvalue weighted by atomic mass is 9.91. The lowest BCUT2D eigenvalue weighted by molar-refractivity contribution is 0.102. The fourth-order valence-electron chi connectivity index (χ4n) is 4.01. The van der Waals surface area contributed by atoms with Crippen molar-refractivity contribution in [1.82, 2.24) is 0 Å². The summed E-state index contributed by atoms with van der Waals surface area (Å²) in [6.45, 7) is 10.8. The van der Waals surface area contributed by atoms with Crippen LogP contribution in [0.25, 0.3) is 0 Å². The largest absolute Gasteiger partial charge is 0.397 e. The smallest absolute Gasteiger partial charge is 0.255 e. The highest BCUT2D eigenvalue weighted by Gasteiger charge is 2.24. The monoisotopic (exact) mass is 351 g/mol. The highest BCUT2D eigenvalue weighted by molar-refractivity contribution is 6.06. The van der Waals surface area contributed by atoms with E-state index in [2.05, 4.69) is 31.0 Å². The van der Waals surface area contributed by atoms with Gasteiger partial charge in [-0.1, -0.05) is 31.5 Å². The molecule has 1 fully saturated rings. The molecule has 0 unspecified atom stereocenters. The van der Waals surface area contributed by atoms with Crippen LogP contribution in [0.4, 0.5) is 17.1 Å². The number of nitrogens with one attached hydrogen (secondary N) is 1. The number of piperidine rings is 1. The second-order valence-corrected chi connectivity index (χ2v) is 7.90. The maximum atomic E-state index is 12.6. The Morgan fingerprint density at radius 3 is 2.46 bits per heavy atom. The molecule has 0 aromatic heterocycles. The fraction of sp³-hybridized carbons (Fsp3) is 0.409. The molecule has 1 amide bonds. The highest BCUT2D eigenvalue weighted by Crippen LogP contribution is 2.33. The Hall–Kier alpha value is -2.49. The van der Waals surface area contributed by atoms with Crippen molar-refractivity contribution in [3.05, 3.63) is 53.1 Å². The number of anilines is 3. The van der Waals surface area contributed by atoms with Gasteiger partial charge in [-0.05, 0) is 61.9 Å². The minimum absolute atomic E-state index is 0.129. The van der Waals surface area contributed by atoms with Crippen molar-refractivity contribution in [1.29, 1.82) is 0 Å². The average molecular weight is 351 g/mol. The van der Waals surface area contributed by atoms with Crippen LogP contribution >= 0.6 is 0 Å². The molecular formula is C22H29N3O. The number of benzene rings is 2. The fourth-order valence-corrected chi connectivity index (χ4v) is 4.01. The summed E-state index contributed by atoms with van der Waals surface area (Å²) in [7, 11) is 0. The zero-order valence-electron chi connectivity index (χ0n) is 16.2. The van der Waals surface area contributed by atoms with E-state index in [0.29, 0.717) is 28.8 Å². The molecule has 1 heterocycles. The first kappa shape index (κ1) is 18.3. The van der Waals surface area contributed by atoms with Gasteiger partial charge >= 0.3 is 0 Å². The summed E-state index contributed by atoms with van der Waals surface area (Å²) in [5.41, 5.74) is 11.5. The van der Waals surface area contributed by atoms with Crippen molar-refractivity contribution in [2.24, 2.45) is 11.8 Å².